The van der Waals surface area contributed by atoms with Gasteiger partial charge in [-0.1, -0.05) is 18.9 Å². The lowest BCUT2D eigenvalue weighted by atomic mass is 9.97. The van der Waals surface area contributed by atoms with E-state index in [0.29, 0.717) is 18.9 Å². The summed E-state index contributed by atoms with van der Waals surface area (Å²) in [5.41, 5.74) is 0. The van der Waals surface area contributed by atoms with Gasteiger partial charge < -0.3 is 16.0 Å². The van der Waals surface area contributed by atoms with Crippen molar-refractivity contribution >= 4 is 23.3 Å². The molecule has 2 fully saturated rings. The highest BCUT2D eigenvalue weighted by Gasteiger charge is 2.30. The van der Waals surface area contributed by atoms with Crippen LogP contribution in [-0.2, 0) is 4.79 Å². The van der Waals surface area contributed by atoms with Gasteiger partial charge in [-0.25, -0.2) is 4.79 Å². The molecule has 5 nitrogen and oxygen atoms in total. The predicted molar refractivity (Wildman–Crippen MR) is 91.3 cm³/mol. The number of thiophene rings is 1. The van der Waals surface area contributed by atoms with E-state index < -0.39 is 6.04 Å². The van der Waals surface area contributed by atoms with Gasteiger partial charge in [-0.2, -0.15) is 0 Å². The third-order valence-electron chi connectivity index (χ3n) is 4.85. The average Bonchev–Trinajstić information content (AvgIpc) is 3.21. The summed E-state index contributed by atoms with van der Waals surface area (Å²) in [6.07, 6.45) is 7.44. The van der Waals surface area contributed by atoms with Gasteiger partial charge in [0.25, 0.3) is 0 Å². The molecule has 0 spiro atoms. The van der Waals surface area contributed by atoms with Crippen molar-refractivity contribution in [1.29, 1.82) is 0 Å². The lowest BCUT2D eigenvalue weighted by Gasteiger charge is -2.25. The molecule has 126 valence electrons. The summed E-state index contributed by atoms with van der Waals surface area (Å²) in [7, 11) is 0. The van der Waals surface area contributed by atoms with Crippen molar-refractivity contribution in [3.8, 4) is 0 Å². The molecule has 3 amide bonds. The molecule has 3 N–H and O–H groups in total. The lowest BCUT2D eigenvalue weighted by Crippen LogP contribution is -2.50. The van der Waals surface area contributed by atoms with Crippen molar-refractivity contribution < 1.29 is 9.59 Å². The molecular formula is C17H25N3O2S. The summed E-state index contributed by atoms with van der Waals surface area (Å²) in [6.45, 7) is 0.707. The zero-order chi connectivity index (χ0) is 16.1. The Balaban J connectivity index is 1.62. The van der Waals surface area contributed by atoms with Crippen molar-refractivity contribution in [2.24, 2.45) is 5.92 Å². The first-order chi connectivity index (χ1) is 11.2. The molecule has 3 rings (SSSR count). The molecule has 0 unspecified atom stereocenters. The number of carbonyl (C=O) groups excluding carboxylic acids is 2. The van der Waals surface area contributed by atoms with Gasteiger partial charge in [-0.15, -0.1) is 11.3 Å². The maximum absolute atomic E-state index is 12.4. The third kappa shape index (κ3) is 4.25. The quantitative estimate of drug-likeness (QED) is 0.792. The SMILES string of the molecule is O=C(N[C@H]1CCCCNC1=O)N[C@@H](c1cccs1)C1CCCC1. The highest BCUT2D eigenvalue weighted by atomic mass is 32.1. The third-order valence-corrected chi connectivity index (χ3v) is 5.80. The molecule has 0 radical (unpaired) electrons. The summed E-state index contributed by atoms with van der Waals surface area (Å²) >= 11 is 1.69. The van der Waals surface area contributed by atoms with E-state index in [1.54, 1.807) is 11.3 Å². The summed E-state index contributed by atoms with van der Waals surface area (Å²) in [5.74, 6) is 0.438. The van der Waals surface area contributed by atoms with E-state index >= 15 is 0 Å². The topological polar surface area (TPSA) is 70.2 Å². The number of nitrogens with one attached hydrogen (secondary N) is 3. The van der Waals surface area contributed by atoms with Crippen LogP contribution in [0.4, 0.5) is 4.79 Å². The van der Waals surface area contributed by atoms with E-state index in [-0.39, 0.29) is 18.0 Å². The molecule has 1 saturated heterocycles. The van der Waals surface area contributed by atoms with Gasteiger partial charge >= 0.3 is 6.03 Å². The minimum absolute atomic E-state index is 0.0614. The zero-order valence-electron chi connectivity index (χ0n) is 13.3. The Morgan fingerprint density at radius 2 is 2.00 bits per heavy atom. The number of amides is 3. The normalized spacial score (nSPS) is 23.8. The lowest BCUT2D eigenvalue weighted by molar-refractivity contribution is -0.122. The van der Waals surface area contributed by atoms with Gasteiger partial charge in [0.1, 0.15) is 6.04 Å². The van der Waals surface area contributed by atoms with Crippen LogP contribution in [0.5, 0.6) is 0 Å². The van der Waals surface area contributed by atoms with Gasteiger partial charge in [0.2, 0.25) is 5.91 Å². The van der Waals surface area contributed by atoms with Crippen molar-refractivity contribution in [2.45, 2.75) is 57.0 Å². The van der Waals surface area contributed by atoms with Crippen molar-refractivity contribution in [2.75, 3.05) is 6.54 Å². The molecule has 0 aromatic carbocycles. The van der Waals surface area contributed by atoms with Crippen molar-refractivity contribution in [3.05, 3.63) is 22.4 Å². The number of hydrogen-bond donors (Lipinski definition) is 3. The monoisotopic (exact) mass is 335 g/mol. The van der Waals surface area contributed by atoms with Crippen molar-refractivity contribution in [1.82, 2.24) is 16.0 Å². The molecule has 0 bridgehead atoms. The number of urea groups is 1. The molecule has 6 heteroatoms. The Labute approximate surface area is 141 Å². The van der Waals surface area contributed by atoms with Gasteiger partial charge in [-0.3, -0.25) is 4.79 Å². The first kappa shape index (κ1) is 16.3. The van der Waals surface area contributed by atoms with Gasteiger partial charge in [0, 0.05) is 11.4 Å². The van der Waals surface area contributed by atoms with E-state index in [0.717, 1.165) is 25.7 Å². The number of hydrogen-bond acceptors (Lipinski definition) is 3. The van der Waals surface area contributed by atoms with Crippen LogP contribution in [0.1, 0.15) is 55.9 Å². The Morgan fingerprint density at radius 1 is 1.22 bits per heavy atom. The van der Waals surface area contributed by atoms with Crippen LogP contribution in [0.25, 0.3) is 0 Å². The number of carbonyl (C=O) groups is 2. The largest absolute Gasteiger partial charge is 0.354 e. The van der Waals surface area contributed by atoms with Crippen LogP contribution in [0.3, 0.4) is 0 Å². The van der Waals surface area contributed by atoms with Crippen molar-refractivity contribution in [3.63, 3.8) is 0 Å². The van der Waals surface area contributed by atoms with Crippen LogP contribution in [0, 0.1) is 5.92 Å². The predicted octanol–water partition coefficient (Wildman–Crippen LogP) is 2.95. The van der Waals surface area contributed by atoms with Gasteiger partial charge in [-0.05, 0) is 49.5 Å². The first-order valence-corrected chi connectivity index (χ1v) is 9.50. The fourth-order valence-corrected chi connectivity index (χ4v) is 4.47. The average molecular weight is 335 g/mol. The molecule has 1 aromatic heterocycles. The van der Waals surface area contributed by atoms with Gasteiger partial charge in [0.05, 0.1) is 6.04 Å². The van der Waals surface area contributed by atoms with Gasteiger partial charge in [0.15, 0.2) is 0 Å². The summed E-state index contributed by atoms with van der Waals surface area (Å²) in [4.78, 5) is 25.6. The molecular weight excluding hydrogens is 310 g/mol. The second-order valence-corrected chi connectivity index (χ2v) is 7.47. The van der Waals surface area contributed by atoms with Crippen LogP contribution in [0.15, 0.2) is 17.5 Å². The Hall–Kier alpha value is -1.56. The second-order valence-electron chi connectivity index (χ2n) is 6.49. The molecule has 2 aliphatic rings. The molecule has 1 aliphatic heterocycles. The molecule has 2 heterocycles. The zero-order valence-corrected chi connectivity index (χ0v) is 14.2. The number of rotatable bonds is 4. The smallest absolute Gasteiger partial charge is 0.315 e. The minimum atomic E-state index is -0.412. The van der Waals surface area contributed by atoms with Crippen LogP contribution >= 0.6 is 11.3 Å². The fraction of sp³-hybridized carbons (Fsp3) is 0.647. The minimum Gasteiger partial charge on any atom is -0.354 e. The fourth-order valence-electron chi connectivity index (χ4n) is 3.60. The second kappa shape index (κ2) is 7.81. The Morgan fingerprint density at radius 3 is 2.74 bits per heavy atom. The van der Waals surface area contributed by atoms with E-state index in [2.05, 4.69) is 27.4 Å². The molecule has 2 atom stereocenters. The molecule has 1 aliphatic carbocycles. The summed E-state index contributed by atoms with van der Waals surface area (Å²) in [5, 5.41) is 10.9. The van der Waals surface area contributed by atoms with E-state index in [9.17, 15) is 9.59 Å². The molecule has 1 saturated carbocycles. The summed E-state index contributed by atoms with van der Waals surface area (Å²) < 4.78 is 0. The van der Waals surface area contributed by atoms with E-state index in [4.69, 9.17) is 0 Å². The summed E-state index contributed by atoms with van der Waals surface area (Å²) in [6, 6.07) is 3.54. The van der Waals surface area contributed by atoms with E-state index in [1.807, 2.05) is 6.07 Å². The highest BCUT2D eigenvalue weighted by Crippen LogP contribution is 2.37. The molecule has 23 heavy (non-hydrogen) atoms. The maximum Gasteiger partial charge on any atom is 0.315 e. The first-order valence-electron chi connectivity index (χ1n) is 8.62. The Bertz CT molecular complexity index is 526. The highest BCUT2D eigenvalue weighted by molar-refractivity contribution is 7.10. The van der Waals surface area contributed by atoms with E-state index in [1.165, 1.54) is 17.7 Å². The Kier molecular flexibility index (Phi) is 5.54. The standard InChI is InChI=1S/C17H25N3O2S/c21-16-13(8-3-4-10-18-16)19-17(22)20-15(12-6-1-2-7-12)14-9-5-11-23-14/h5,9,11-13,15H,1-4,6-8,10H2,(H,18,21)(H2,19,20,22)/t13-,15+/m0/s1. The molecule has 1 aromatic rings. The van der Waals surface area contributed by atoms with Crippen LogP contribution < -0.4 is 16.0 Å². The van der Waals surface area contributed by atoms with Crippen LogP contribution in [0.2, 0.25) is 0 Å². The van der Waals surface area contributed by atoms with Crippen LogP contribution in [-0.4, -0.2) is 24.5 Å². The maximum atomic E-state index is 12.4.